The molecular weight excluding hydrogens is 414 g/mol. The summed E-state index contributed by atoms with van der Waals surface area (Å²) in [7, 11) is -4.46. The molecule has 0 unspecified atom stereocenters. The quantitative estimate of drug-likeness (QED) is 0.417. The number of carbonyl (C=O) groups excluding carboxylic acids is 1. The van der Waals surface area contributed by atoms with Crippen molar-refractivity contribution in [2.75, 3.05) is 10.5 Å². The van der Waals surface area contributed by atoms with Gasteiger partial charge in [0.05, 0.1) is 35.5 Å². The molecule has 1 aromatic heterocycles. The highest BCUT2D eigenvalue weighted by molar-refractivity contribution is 7.92. The summed E-state index contributed by atoms with van der Waals surface area (Å²) in [5, 5.41) is -0.105. The van der Waals surface area contributed by atoms with Crippen LogP contribution in [0.15, 0.2) is 30.5 Å². The van der Waals surface area contributed by atoms with Crippen LogP contribution in [0.2, 0.25) is 5.28 Å². The largest absolute Gasteiger partial charge is 0.390 e. The number of alkyl halides is 3. The summed E-state index contributed by atoms with van der Waals surface area (Å²) in [6, 6.07) is 4.71. The van der Waals surface area contributed by atoms with Gasteiger partial charge in [-0.3, -0.25) is 9.52 Å². The fourth-order valence-corrected chi connectivity index (χ4v) is 3.28. The van der Waals surface area contributed by atoms with E-state index in [0.29, 0.717) is 0 Å². The van der Waals surface area contributed by atoms with Crippen LogP contribution in [0.3, 0.4) is 0 Å². The lowest BCUT2D eigenvalue weighted by molar-refractivity contribution is -0.129. The molecule has 0 spiro atoms. The first-order valence-electron chi connectivity index (χ1n) is 7.33. The van der Waals surface area contributed by atoms with Crippen LogP contribution in [-0.2, 0) is 16.4 Å². The van der Waals surface area contributed by atoms with Crippen molar-refractivity contribution in [1.29, 1.82) is 0 Å². The number of aromatic nitrogens is 2. The number of ketones is 1. The second kappa shape index (κ2) is 8.17. The van der Waals surface area contributed by atoms with E-state index in [1.54, 1.807) is 4.72 Å². The third-order valence-electron chi connectivity index (χ3n) is 3.24. The normalized spacial score (nSPS) is 12.0. The minimum absolute atomic E-state index is 0.105. The molecule has 0 radical (unpaired) electrons. The summed E-state index contributed by atoms with van der Waals surface area (Å²) < 4.78 is 76.2. The van der Waals surface area contributed by atoms with Crippen molar-refractivity contribution in [3.63, 3.8) is 0 Å². The Hall–Kier alpha value is -2.27. The predicted molar refractivity (Wildman–Crippen MR) is 89.6 cm³/mol. The van der Waals surface area contributed by atoms with Crippen molar-refractivity contribution in [3.05, 3.63) is 52.8 Å². The van der Waals surface area contributed by atoms with Crippen LogP contribution in [0, 0.1) is 5.82 Å². The molecule has 0 atom stereocenters. The Morgan fingerprint density at radius 2 is 1.93 bits per heavy atom. The van der Waals surface area contributed by atoms with Crippen molar-refractivity contribution < 1.29 is 30.8 Å². The monoisotopic (exact) mass is 425 g/mol. The van der Waals surface area contributed by atoms with Gasteiger partial charge in [0.1, 0.15) is 0 Å². The maximum atomic E-state index is 14.5. The Balaban J connectivity index is 2.18. The van der Waals surface area contributed by atoms with Gasteiger partial charge in [0, 0.05) is 6.20 Å². The summed E-state index contributed by atoms with van der Waals surface area (Å²) in [5.41, 5.74) is -0.847. The van der Waals surface area contributed by atoms with Gasteiger partial charge in [0.2, 0.25) is 15.3 Å². The maximum absolute atomic E-state index is 14.5. The lowest BCUT2D eigenvalue weighted by Gasteiger charge is -2.12. The Labute approximate surface area is 156 Å². The Kier molecular flexibility index (Phi) is 6.37. The van der Waals surface area contributed by atoms with Crippen LogP contribution in [0.1, 0.15) is 22.5 Å². The Bertz CT molecular complexity index is 952. The van der Waals surface area contributed by atoms with Crippen molar-refractivity contribution >= 4 is 33.1 Å². The summed E-state index contributed by atoms with van der Waals surface area (Å²) in [6.07, 6.45) is -5.29. The fraction of sp³-hybridized carbons (Fsp3) is 0.267. The van der Waals surface area contributed by atoms with Crippen molar-refractivity contribution in [3.8, 4) is 0 Å². The third-order valence-corrected chi connectivity index (χ3v) is 4.70. The lowest BCUT2D eigenvalue weighted by Crippen LogP contribution is -2.22. The number of nitrogens with one attached hydrogen (secondary N) is 1. The van der Waals surface area contributed by atoms with E-state index in [1.807, 2.05) is 0 Å². The third kappa shape index (κ3) is 6.43. The molecule has 1 heterocycles. The van der Waals surface area contributed by atoms with Crippen molar-refractivity contribution in [2.45, 2.75) is 19.0 Å². The van der Waals surface area contributed by atoms with Crippen LogP contribution in [-0.4, -0.2) is 36.1 Å². The summed E-state index contributed by atoms with van der Waals surface area (Å²) >= 11 is 5.60. The first-order valence-corrected chi connectivity index (χ1v) is 9.36. The number of Topliss-reactive ketones (excluding diaryl/α,β-unsaturated/α-hetero) is 1. The molecule has 2 rings (SSSR count). The zero-order valence-corrected chi connectivity index (χ0v) is 15.0. The molecule has 6 nitrogen and oxygen atoms in total. The highest BCUT2D eigenvalue weighted by Crippen LogP contribution is 2.23. The first-order chi connectivity index (χ1) is 12.5. The molecule has 0 aliphatic rings. The molecular formula is C15H12ClF4N3O3S. The molecule has 146 valence electrons. The van der Waals surface area contributed by atoms with Gasteiger partial charge in [0.25, 0.3) is 0 Å². The van der Waals surface area contributed by atoms with Crippen LogP contribution in [0.4, 0.5) is 23.2 Å². The number of nitrogens with zero attached hydrogens (tertiary/aromatic N) is 2. The highest BCUT2D eigenvalue weighted by atomic mass is 35.5. The summed E-state index contributed by atoms with van der Waals surface area (Å²) in [5.74, 6) is -3.19. The number of benzene rings is 1. The zero-order chi connectivity index (χ0) is 20.2. The maximum Gasteiger partial charge on any atom is 0.390 e. The van der Waals surface area contributed by atoms with Gasteiger partial charge in [-0.25, -0.2) is 22.8 Å². The van der Waals surface area contributed by atoms with E-state index >= 15 is 0 Å². The first kappa shape index (κ1) is 21.0. The van der Waals surface area contributed by atoms with Gasteiger partial charge in [-0.2, -0.15) is 13.2 Å². The molecule has 0 fully saturated rings. The standard InChI is InChI=1S/C15H12ClF4N3O3S/c16-14-21-6-4-9(22-14)8-12(24)10-2-1-3-11(13(10)17)23-27(25,26)7-5-15(18,19)20/h1-4,6,23H,5,7-8H2. The Morgan fingerprint density at radius 3 is 2.56 bits per heavy atom. The van der Waals surface area contributed by atoms with Crippen LogP contribution >= 0.6 is 11.6 Å². The molecule has 27 heavy (non-hydrogen) atoms. The number of rotatable bonds is 7. The number of hydrogen-bond acceptors (Lipinski definition) is 5. The second-order valence-electron chi connectivity index (χ2n) is 5.37. The average Bonchev–Trinajstić information content (AvgIpc) is 2.54. The minimum Gasteiger partial charge on any atom is -0.294 e. The van der Waals surface area contributed by atoms with Crippen LogP contribution in [0.25, 0.3) is 0 Å². The molecule has 0 aliphatic heterocycles. The molecule has 2 aromatic rings. The molecule has 1 N–H and O–H groups in total. The lowest BCUT2D eigenvalue weighted by atomic mass is 10.1. The van der Waals surface area contributed by atoms with E-state index in [1.165, 1.54) is 18.3 Å². The van der Waals surface area contributed by atoms with E-state index < -0.39 is 51.2 Å². The second-order valence-corrected chi connectivity index (χ2v) is 7.55. The molecule has 1 aromatic carbocycles. The number of halogens is 5. The van der Waals surface area contributed by atoms with E-state index in [2.05, 4.69) is 9.97 Å². The van der Waals surface area contributed by atoms with Gasteiger partial charge < -0.3 is 0 Å². The van der Waals surface area contributed by atoms with Crippen LogP contribution < -0.4 is 4.72 Å². The van der Waals surface area contributed by atoms with Crippen molar-refractivity contribution in [1.82, 2.24) is 9.97 Å². The summed E-state index contributed by atoms with van der Waals surface area (Å²) in [6.45, 7) is 0. The number of hydrogen-bond donors (Lipinski definition) is 1. The van der Waals surface area contributed by atoms with Gasteiger partial charge in [-0.05, 0) is 29.8 Å². The zero-order valence-electron chi connectivity index (χ0n) is 13.4. The molecule has 0 bridgehead atoms. The Morgan fingerprint density at radius 1 is 1.22 bits per heavy atom. The number of carbonyl (C=O) groups is 1. The van der Waals surface area contributed by atoms with Gasteiger partial charge >= 0.3 is 6.18 Å². The number of sulfonamides is 1. The predicted octanol–water partition coefficient (Wildman–Crippen LogP) is 3.39. The van der Waals surface area contributed by atoms with Crippen molar-refractivity contribution in [2.24, 2.45) is 0 Å². The van der Waals surface area contributed by atoms with E-state index in [-0.39, 0.29) is 17.4 Å². The van der Waals surface area contributed by atoms with E-state index in [9.17, 15) is 30.8 Å². The number of anilines is 1. The van der Waals surface area contributed by atoms with Gasteiger partial charge in [0.15, 0.2) is 11.6 Å². The van der Waals surface area contributed by atoms with Gasteiger partial charge in [-0.15, -0.1) is 0 Å². The smallest absolute Gasteiger partial charge is 0.294 e. The molecule has 0 saturated carbocycles. The highest BCUT2D eigenvalue weighted by Gasteiger charge is 2.30. The fourth-order valence-electron chi connectivity index (χ4n) is 2.02. The minimum atomic E-state index is -4.68. The molecule has 0 amide bonds. The molecule has 0 aliphatic carbocycles. The molecule has 0 saturated heterocycles. The summed E-state index contributed by atoms with van der Waals surface area (Å²) in [4.78, 5) is 19.7. The topological polar surface area (TPSA) is 89.0 Å². The van der Waals surface area contributed by atoms with E-state index in [4.69, 9.17) is 11.6 Å². The average molecular weight is 426 g/mol. The molecule has 12 heteroatoms. The van der Waals surface area contributed by atoms with Crippen LogP contribution in [0.5, 0.6) is 0 Å². The van der Waals surface area contributed by atoms with E-state index in [0.717, 1.165) is 12.1 Å². The van der Waals surface area contributed by atoms with Gasteiger partial charge in [-0.1, -0.05) is 6.07 Å². The SMILES string of the molecule is O=C(Cc1ccnc(Cl)n1)c1cccc(NS(=O)(=O)CCC(F)(F)F)c1F.